The lowest BCUT2D eigenvalue weighted by atomic mass is 10.2. The van der Waals surface area contributed by atoms with Crippen LogP contribution in [0.25, 0.3) is 11.5 Å². The highest BCUT2D eigenvalue weighted by Gasteiger charge is 2.24. The first-order valence-corrected chi connectivity index (χ1v) is 8.26. The number of fused-ring (bicyclic) bond motifs is 1. The molecule has 0 spiro atoms. The van der Waals surface area contributed by atoms with Crippen molar-refractivity contribution in [3.63, 3.8) is 0 Å². The first kappa shape index (κ1) is 15.2. The van der Waals surface area contributed by atoms with Gasteiger partial charge in [0, 0.05) is 35.6 Å². The number of aromatic nitrogens is 5. The Morgan fingerprint density at radius 1 is 1.12 bits per heavy atom. The molecular weight excluding hydrogens is 340 g/mol. The van der Waals surface area contributed by atoms with Gasteiger partial charge in [-0.25, -0.2) is 19.6 Å². The predicted molar refractivity (Wildman–Crippen MR) is 93.4 cm³/mol. The molecule has 1 amide bonds. The summed E-state index contributed by atoms with van der Waals surface area (Å²) in [7, 11) is 0. The maximum Gasteiger partial charge on any atom is 0.276 e. The molecule has 4 aromatic rings. The quantitative estimate of drug-likeness (QED) is 0.608. The third-order valence-corrected chi connectivity index (χ3v) is 4.35. The standard InChI is InChI=1S/C16H12N6O2S/c1-10-13(15(24)20-16-19-8-9-25-16)21(11-4-2-3-6-17-11)22-12(23)5-7-18-14(10)22/h2-9H,1H3,(H,19,20,24). The molecule has 124 valence electrons. The highest BCUT2D eigenvalue weighted by molar-refractivity contribution is 7.13. The van der Waals surface area contributed by atoms with Gasteiger partial charge in [0.25, 0.3) is 11.5 Å². The molecule has 0 unspecified atom stereocenters. The largest absolute Gasteiger partial charge is 0.296 e. The van der Waals surface area contributed by atoms with Crippen molar-refractivity contribution in [2.75, 3.05) is 5.32 Å². The van der Waals surface area contributed by atoms with Gasteiger partial charge in [0.05, 0.1) is 0 Å². The molecular formula is C16H12N6O2S. The first-order chi connectivity index (χ1) is 12.2. The van der Waals surface area contributed by atoms with Crippen molar-refractivity contribution < 1.29 is 4.79 Å². The molecule has 4 aromatic heterocycles. The van der Waals surface area contributed by atoms with Crippen molar-refractivity contribution in [2.45, 2.75) is 6.92 Å². The summed E-state index contributed by atoms with van der Waals surface area (Å²) in [6.07, 6.45) is 4.63. The van der Waals surface area contributed by atoms with E-state index in [4.69, 9.17) is 0 Å². The number of rotatable bonds is 3. The third-order valence-electron chi connectivity index (χ3n) is 3.66. The minimum Gasteiger partial charge on any atom is -0.296 e. The minimum atomic E-state index is -0.386. The smallest absolute Gasteiger partial charge is 0.276 e. The first-order valence-electron chi connectivity index (χ1n) is 7.38. The number of thiazole rings is 1. The van der Waals surface area contributed by atoms with Crippen LogP contribution in [0.2, 0.25) is 0 Å². The van der Waals surface area contributed by atoms with Crippen LogP contribution in [-0.4, -0.2) is 30.1 Å². The second-order valence-electron chi connectivity index (χ2n) is 5.18. The molecule has 0 saturated heterocycles. The Hall–Kier alpha value is -3.33. The molecule has 8 nitrogen and oxygen atoms in total. The fourth-order valence-corrected chi connectivity index (χ4v) is 3.14. The molecule has 1 N–H and O–H groups in total. The van der Waals surface area contributed by atoms with Crippen LogP contribution in [0, 0.1) is 6.92 Å². The van der Waals surface area contributed by atoms with E-state index in [9.17, 15) is 9.59 Å². The van der Waals surface area contributed by atoms with E-state index in [0.29, 0.717) is 22.2 Å². The highest BCUT2D eigenvalue weighted by Crippen LogP contribution is 2.21. The summed E-state index contributed by atoms with van der Waals surface area (Å²) in [5.74, 6) is 0.0583. The number of carbonyl (C=O) groups excluding carboxylic acids is 1. The summed E-state index contributed by atoms with van der Waals surface area (Å²) in [5, 5.41) is 4.99. The Balaban J connectivity index is 2.00. The van der Waals surface area contributed by atoms with Crippen LogP contribution < -0.4 is 10.9 Å². The van der Waals surface area contributed by atoms with Crippen molar-refractivity contribution in [1.82, 2.24) is 24.1 Å². The van der Waals surface area contributed by atoms with Gasteiger partial charge in [-0.3, -0.25) is 14.9 Å². The molecule has 0 aliphatic rings. The van der Waals surface area contributed by atoms with Crippen LogP contribution in [0.1, 0.15) is 16.1 Å². The van der Waals surface area contributed by atoms with Crippen LogP contribution >= 0.6 is 11.3 Å². The van der Waals surface area contributed by atoms with E-state index < -0.39 is 0 Å². The summed E-state index contributed by atoms with van der Waals surface area (Å²) >= 11 is 1.31. The molecule has 0 aliphatic heterocycles. The van der Waals surface area contributed by atoms with Gasteiger partial charge in [-0.2, -0.15) is 4.52 Å². The van der Waals surface area contributed by atoms with Crippen molar-refractivity contribution in [1.29, 1.82) is 0 Å². The number of carbonyl (C=O) groups is 1. The molecule has 0 radical (unpaired) electrons. The Bertz CT molecular complexity index is 1110. The summed E-state index contributed by atoms with van der Waals surface area (Å²) < 4.78 is 2.82. The second-order valence-corrected chi connectivity index (χ2v) is 6.08. The summed E-state index contributed by atoms with van der Waals surface area (Å²) in [4.78, 5) is 37.9. The lowest BCUT2D eigenvalue weighted by Gasteiger charge is -2.09. The number of pyridine rings is 1. The van der Waals surface area contributed by atoms with Crippen molar-refractivity contribution >= 4 is 28.0 Å². The van der Waals surface area contributed by atoms with Gasteiger partial charge in [0.15, 0.2) is 16.6 Å². The van der Waals surface area contributed by atoms with Gasteiger partial charge in [-0.1, -0.05) is 6.07 Å². The van der Waals surface area contributed by atoms with Crippen LogP contribution in [-0.2, 0) is 0 Å². The molecule has 0 atom stereocenters. The van der Waals surface area contributed by atoms with Crippen molar-refractivity contribution in [3.05, 3.63) is 69.8 Å². The molecule has 0 fully saturated rings. The van der Waals surface area contributed by atoms with E-state index in [0.717, 1.165) is 0 Å². The van der Waals surface area contributed by atoms with Gasteiger partial charge in [-0.05, 0) is 19.1 Å². The Morgan fingerprint density at radius 2 is 2.00 bits per heavy atom. The average molecular weight is 352 g/mol. The van der Waals surface area contributed by atoms with Crippen LogP contribution in [0.4, 0.5) is 5.13 Å². The SMILES string of the molecule is Cc1c(C(=O)Nc2nccs2)n(-c2ccccn2)n2c(=O)ccnc12. The van der Waals surface area contributed by atoms with Crippen LogP contribution in [0.3, 0.4) is 0 Å². The van der Waals surface area contributed by atoms with Gasteiger partial charge in [0.1, 0.15) is 5.69 Å². The summed E-state index contributed by atoms with van der Waals surface area (Å²) in [6, 6.07) is 6.61. The predicted octanol–water partition coefficient (Wildman–Crippen LogP) is 1.90. The third kappa shape index (κ3) is 2.50. The van der Waals surface area contributed by atoms with Crippen molar-refractivity contribution in [3.8, 4) is 5.82 Å². The van der Waals surface area contributed by atoms with Gasteiger partial charge < -0.3 is 0 Å². The molecule has 25 heavy (non-hydrogen) atoms. The number of hydrogen-bond acceptors (Lipinski definition) is 6. The molecule has 0 bridgehead atoms. The van der Waals surface area contributed by atoms with Crippen LogP contribution in [0.15, 0.2) is 53.0 Å². The number of nitrogens with zero attached hydrogens (tertiary/aromatic N) is 5. The van der Waals surface area contributed by atoms with Crippen LogP contribution in [0.5, 0.6) is 0 Å². The Labute approximate surface area is 145 Å². The van der Waals surface area contributed by atoms with Gasteiger partial charge >= 0.3 is 0 Å². The van der Waals surface area contributed by atoms with E-state index in [2.05, 4.69) is 20.3 Å². The molecule has 9 heteroatoms. The zero-order chi connectivity index (χ0) is 17.4. The zero-order valence-electron chi connectivity index (χ0n) is 13.1. The molecule has 0 aromatic carbocycles. The Kier molecular flexibility index (Phi) is 3.62. The maximum absolute atomic E-state index is 12.9. The minimum absolute atomic E-state index is 0.282. The number of nitrogens with one attached hydrogen (secondary N) is 1. The fourth-order valence-electron chi connectivity index (χ4n) is 2.62. The zero-order valence-corrected chi connectivity index (χ0v) is 13.9. The summed E-state index contributed by atoms with van der Waals surface area (Å²) in [5.41, 5.74) is 0.969. The highest BCUT2D eigenvalue weighted by atomic mass is 32.1. The molecule has 4 rings (SSSR count). The second kappa shape index (κ2) is 5.95. The molecule has 0 aliphatic carbocycles. The van der Waals surface area contributed by atoms with E-state index in [-0.39, 0.29) is 17.2 Å². The number of amides is 1. The molecule has 4 heterocycles. The topological polar surface area (TPSA) is 94.2 Å². The average Bonchev–Trinajstić information content (AvgIpc) is 3.23. The van der Waals surface area contributed by atoms with E-state index in [1.807, 2.05) is 0 Å². The lowest BCUT2D eigenvalue weighted by Crippen LogP contribution is -2.24. The fraction of sp³-hybridized carbons (Fsp3) is 0.0625. The maximum atomic E-state index is 12.9. The number of aryl methyl sites for hydroxylation is 1. The summed E-state index contributed by atoms with van der Waals surface area (Å²) in [6.45, 7) is 1.75. The van der Waals surface area contributed by atoms with Crippen molar-refractivity contribution in [2.24, 2.45) is 0 Å². The van der Waals surface area contributed by atoms with E-state index >= 15 is 0 Å². The van der Waals surface area contributed by atoms with Gasteiger partial charge in [-0.15, -0.1) is 11.3 Å². The normalized spacial score (nSPS) is 10.9. The Morgan fingerprint density at radius 3 is 2.72 bits per heavy atom. The molecule has 0 saturated carbocycles. The van der Waals surface area contributed by atoms with E-state index in [1.165, 1.54) is 32.8 Å². The lowest BCUT2D eigenvalue weighted by molar-refractivity contribution is 0.101. The number of hydrogen-bond donors (Lipinski definition) is 1. The van der Waals surface area contributed by atoms with Gasteiger partial charge in [0.2, 0.25) is 0 Å². The van der Waals surface area contributed by atoms with E-state index in [1.54, 1.807) is 42.9 Å². The monoisotopic (exact) mass is 352 g/mol. The number of anilines is 1.